The molecule has 2 saturated heterocycles. The second-order valence-electron chi connectivity index (χ2n) is 9.37. The van der Waals surface area contributed by atoms with Gasteiger partial charge < -0.3 is 23.8 Å². The molecule has 4 rings (SSSR count). The molecule has 1 aromatic carbocycles. The average Bonchev–Trinajstić information content (AvgIpc) is 3.20. The summed E-state index contributed by atoms with van der Waals surface area (Å²) in [6.07, 6.45) is 4.07. The van der Waals surface area contributed by atoms with Crippen molar-refractivity contribution in [1.82, 2.24) is 9.80 Å². The van der Waals surface area contributed by atoms with E-state index in [1.165, 1.54) is 12.8 Å². The predicted molar refractivity (Wildman–Crippen MR) is 127 cm³/mol. The van der Waals surface area contributed by atoms with Crippen LogP contribution >= 0.6 is 0 Å². The van der Waals surface area contributed by atoms with Gasteiger partial charge in [-0.1, -0.05) is 0 Å². The highest BCUT2D eigenvalue weighted by molar-refractivity contribution is 6.04. The molecule has 1 unspecified atom stereocenters. The number of Topliss-reactive ketones (excluding diaryl/α,β-unsaturated/α-hetero) is 1. The molecule has 3 heterocycles. The van der Waals surface area contributed by atoms with Crippen LogP contribution in [0.15, 0.2) is 36.4 Å². The Morgan fingerprint density at radius 1 is 1.06 bits per heavy atom. The topological polar surface area (TPSA) is 94.6 Å². The van der Waals surface area contributed by atoms with Crippen molar-refractivity contribution in [2.24, 2.45) is 0 Å². The summed E-state index contributed by atoms with van der Waals surface area (Å²) in [4.78, 5) is 42.3. The first-order chi connectivity index (χ1) is 16.9. The maximum atomic E-state index is 13.8. The Hall–Kier alpha value is -2.75. The van der Waals surface area contributed by atoms with Crippen LogP contribution in [0, 0.1) is 0 Å². The summed E-state index contributed by atoms with van der Waals surface area (Å²) in [5, 5.41) is 0. The second-order valence-corrected chi connectivity index (χ2v) is 9.37. The number of ether oxygens (including phenoxy) is 4. The van der Waals surface area contributed by atoms with Crippen molar-refractivity contribution in [2.75, 3.05) is 46.0 Å². The molecule has 190 valence electrons. The molecular formula is C26H34N2O7. The smallest absolute Gasteiger partial charge is 0.334 e. The van der Waals surface area contributed by atoms with E-state index in [-0.39, 0.29) is 5.78 Å². The maximum Gasteiger partial charge on any atom is 0.334 e. The van der Waals surface area contributed by atoms with Crippen molar-refractivity contribution < 1.29 is 33.3 Å². The minimum Gasteiger partial charge on any atom is -0.494 e. The van der Waals surface area contributed by atoms with E-state index >= 15 is 0 Å². The first-order valence-electron chi connectivity index (χ1n) is 12.3. The Bertz CT molecular complexity index is 922. The third kappa shape index (κ3) is 5.91. The number of hydrogen-bond donors (Lipinski definition) is 0. The van der Waals surface area contributed by atoms with Crippen LogP contribution in [0.1, 0.15) is 43.5 Å². The van der Waals surface area contributed by atoms with Gasteiger partial charge in [0.25, 0.3) is 6.29 Å². The zero-order valence-electron chi connectivity index (χ0n) is 20.4. The van der Waals surface area contributed by atoms with Gasteiger partial charge in [-0.05, 0) is 63.9 Å². The summed E-state index contributed by atoms with van der Waals surface area (Å²) in [6.45, 7) is 8.37. The van der Waals surface area contributed by atoms with E-state index in [0.29, 0.717) is 50.3 Å². The lowest BCUT2D eigenvalue weighted by molar-refractivity contribution is -0.202. The van der Waals surface area contributed by atoms with E-state index in [9.17, 15) is 14.4 Å². The van der Waals surface area contributed by atoms with Crippen LogP contribution in [-0.2, 0) is 23.8 Å². The number of cyclic esters (lactones) is 2. The van der Waals surface area contributed by atoms with Crippen LogP contribution in [0.5, 0.6) is 5.75 Å². The quantitative estimate of drug-likeness (QED) is 0.296. The highest BCUT2D eigenvalue weighted by Crippen LogP contribution is 2.31. The molecule has 0 saturated carbocycles. The molecule has 0 aromatic heterocycles. The predicted octanol–water partition coefficient (Wildman–Crippen LogP) is 2.20. The van der Waals surface area contributed by atoms with Gasteiger partial charge in [0.1, 0.15) is 5.75 Å². The van der Waals surface area contributed by atoms with Crippen molar-refractivity contribution in [1.29, 1.82) is 0 Å². The largest absolute Gasteiger partial charge is 0.494 e. The number of carbonyl (C=O) groups excluding carboxylic acids is 3. The van der Waals surface area contributed by atoms with E-state index < -0.39 is 23.8 Å². The van der Waals surface area contributed by atoms with Gasteiger partial charge in [-0.2, -0.15) is 0 Å². The Morgan fingerprint density at radius 3 is 2.31 bits per heavy atom. The van der Waals surface area contributed by atoms with Crippen molar-refractivity contribution in [2.45, 2.75) is 51.0 Å². The summed E-state index contributed by atoms with van der Waals surface area (Å²) in [5.41, 5.74) is -1.02. The number of likely N-dealkylation sites (tertiary alicyclic amines) is 1. The molecule has 2 fully saturated rings. The minimum atomic E-state index is -1.42. The van der Waals surface area contributed by atoms with Gasteiger partial charge in [-0.3, -0.25) is 9.69 Å². The zero-order chi connectivity index (χ0) is 24.8. The standard InChI is InChI=1S/C26H34N2O7/c1-19-5-3-12-27(19)13-4-16-33-21-8-6-20(7-9-21)24(31)26(2,28-14-17-32-18-15-28)25-34-22(29)10-11-23(30)35-25/h6-11,19,25H,3-5,12-18H2,1-2H3/t19-,26?/m1/s1. The molecule has 0 N–H and O–H groups in total. The molecule has 3 aliphatic heterocycles. The van der Waals surface area contributed by atoms with E-state index in [2.05, 4.69) is 11.8 Å². The van der Waals surface area contributed by atoms with Crippen molar-refractivity contribution in [3.63, 3.8) is 0 Å². The number of ketones is 1. The fourth-order valence-electron chi connectivity index (χ4n) is 4.88. The van der Waals surface area contributed by atoms with Gasteiger partial charge in [-0.25, -0.2) is 9.59 Å². The van der Waals surface area contributed by atoms with Gasteiger partial charge >= 0.3 is 11.9 Å². The number of nitrogens with zero attached hydrogens (tertiary/aromatic N) is 2. The highest BCUT2D eigenvalue weighted by Gasteiger charge is 2.52. The van der Waals surface area contributed by atoms with Crippen molar-refractivity contribution >= 4 is 17.7 Å². The zero-order valence-corrected chi connectivity index (χ0v) is 20.4. The summed E-state index contributed by atoms with van der Waals surface area (Å²) < 4.78 is 22.1. The van der Waals surface area contributed by atoms with Gasteiger partial charge in [-0.15, -0.1) is 0 Å². The molecule has 0 bridgehead atoms. The Kier molecular flexibility index (Phi) is 8.20. The monoisotopic (exact) mass is 486 g/mol. The van der Waals surface area contributed by atoms with E-state index in [1.54, 1.807) is 31.2 Å². The molecule has 2 atom stereocenters. The molecular weight excluding hydrogens is 452 g/mol. The lowest BCUT2D eigenvalue weighted by atomic mass is 9.87. The van der Waals surface area contributed by atoms with E-state index in [4.69, 9.17) is 18.9 Å². The Labute approximate surface area is 205 Å². The fraction of sp³-hybridized carbons (Fsp3) is 0.577. The van der Waals surface area contributed by atoms with Crippen molar-refractivity contribution in [3.8, 4) is 5.75 Å². The first-order valence-corrected chi connectivity index (χ1v) is 12.3. The summed E-state index contributed by atoms with van der Waals surface area (Å²) in [7, 11) is 0. The number of rotatable bonds is 9. The minimum absolute atomic E-state index is 0.318. The lowest BCUT2D eigenvalue weighted by Crippen LogP contribution is -2.64. The number of benzene rings is 1. The number of esters is 2. The number of hydrogen-bond acceptors (Lipinski definition) is 9. The second kappa shape index (κ2) is 11.3. The molecule has 0 spiro atoms. The molecule has 3 aliphatic rings. The van der Waals surface area contributed by atoms with Crippen LogP contribution in [0.4, 0.5) is 0 Å². The van der Waals surface area contributed by atoms with Crippen LogP contribution < -0.4 is 4.74 Å². The highest BCUT2D eigenvalue weighted by atomic mass is 16.7. The summed E-state index contributed by atoms with van der Waals surface area (Å²) in [6, 6.07) is 7.55. The van der Waals surface area contributed by atoms with Crippen LogP contribution in [0.2, 0.25) is 0 Å². The van der Waals surface area contributed by atoms with E-state index in [1.807, 2.05) is 4.90 Å². The average molecular weight is 487 g/mol. The summed E-state index contributed by atoms with van der Waals surface area (Å²) in [5.74, 6) is -1.11. The molecule has 35 heavy (non-hydrogen) atoms. The molecule has 9 nitrogen and oxygen atoms in total. The Morgan fingerprint density at radius 2 is 1.71 bits per heavy atom. The lowest BCUT2D eigenvalue weighted by Gasteiger charge is -2.44. The molecule has 1 aromatic rings. The van der Waals surface area contributed by atoms with E-state index in [0.717, 1.165) is 31.7 Å². The molecule has 0 aliphatic carbocycles. The molecule has 0 radical (unpaired) electrons. The number of morpholine rings is 1. The van der Waals surface area contributed by atoms with Crippen LogP contribution in [-0.4, -0.2) is 91.4 Å². The maximum absolute atomic E-state index is 13.8. The number of carbonyl (C=O) groups is 3. The SMILES string of the molecule is C[C@@H]1CCCN1CCCOc1ccc(C(=O)C(C)(C2OC(=O)C=CC(=O)O2)N2CCOCC2)cc1. The fourth-order valence-corrected chi connectivity index (χ4v) is 4.88. The van der Waals surface area contributed by atoms with Crippen LogP contribution in [0.3, 0.4) is 0 Å². The summed E-state index contributed by atoms with van der Waals surface area (Å²) >= 11 is 0. The van der Waals surface area contributed by atoms with Crippen molar-refractivity contribution in [3.05, 3.63) is 42.0 Å². The van der Waals surface area contributed by atoms with Gasteiger partial charge in [0.15, 0.2) is 11.3 Å². The molecule has 0 amide bonds. The van der Waals surface area contributed by atoms with Gasteiger partial charge in [0.2, 0.25) is 0 Å². The molecule has 9 heteroatoms. The third-order valence-electron chi connectivity index (χ3n) is 7.05. The first kappa shape index (κ1) is 25.3. The van der Waals surface area contributed by atoms with Gasteiger partial charge in [0, 0.05) is 43.4 Å². The normalized spacial score (nSPS) is 23.9. The van der Waals surface area contributed by atoms with Gasteiger partial charge in [0.05, 0.1) is 19.8 Å². The Balaban J connectivity index is 1.44. The third-order valence-corrected chi connectivity index (χ3v) is 7.05. The van der Waals surface area contributed by atoms with Crippen LogP contribution in [0.25, 0.3) is 0 Å².